The molecule has 164 valence electrons. The van der Waals surface area contributed by atoms with Crippen LogP contribution in [-0.2, 0) is 14.8 Å². The molecule has 1 heterocycles. The van der Waals surface area contributed by atoms with E-state index in [1.54, 1.807) is 12.1 Å². The Kier molecular flexibility index (Phi) is 8.48. The van der Waals surface area contributed by atoms with Gasteiger partial charge in [-0.15, -0.1) is 0 Å². The zero-order valence-electron chi connectivity index (χ0n) is 18.4. The fourth-order valence-corrected chi connectivity index (χ4v) is 5.12. The van der Waals surface area contributed by atoms with Crippen molar-refractivity contribution in [1.29, 1.82) is 0 Å². The summed E-state index contributed by atoms with van der Waals surface area (Å²) in [6.45, 7) is 12.0. The standard InChI is InChI=1S/C21H36N4O3S/c1-6-9-17(4)21(26)22-19-16-18(29(27,28)25(7-2)8-3)10-11-20(19)24-14-12-23(5)13-15-24/h10-11,16-17H,6-9,12-15H2,1-5H3,(H,22,26)/t17-/m1/s1. The highest BCUT2D eigenvalue weighted by Crippen LogP contribution is 2.31. The third kappa shape index (κ3) is 5.71. The lowest BCUT2D eigenvalue weighted by molar-refractivity contribution is -0.119. The molecule has 1 atom stereocenters. The number of nitrogens with one attached hydrogen (secondary N) is 1. The number of hydrogen-bond donors (Lipinski definition) is 1. The first kappa shape index (κ1) is 23.6. The van der Waals surface area contributed by atoms with Gasteiger partial charge in [0, 0.05) is 45.2 Å². The van der Waals surface area contributed by atoms with Gasteiger partial charge in [-0.25, -0.2) is 8.42 Å². The number of carbonyl (C=O) groups excluding carboxylic acids is 1. The Morgan fingerprint density at radius 3 is 2.31 bits per heavy atom. The van der Waals surface area contributed by atoms with Crippen LogP contribution in [0, 0.1) is 5.92 Å². The van der Waals surface area contributed by atoms with Gasteiger partial charge in [0.15, 0.2) is 0 Å². The number of piperazine rings is 1. The van der Waals surface area contributed by atoms with Crippen molar-refractivity contribution in [3.05, 3.63) is 18.2 Å². The Morgan fingerprint density at radius 2 is 1.76 bits per heavy atom. The molecule has 1 amide bonds. The van der Waals surface area contributed by atoms with Crippen LogP contribution in [0.25, 0.3) is 0 Å². The van der Waals surface area contributed by atoms with Gasteiger partial charge in [0.25, 0.3) is 0 Å². The molecule has 0 aromatic heterocycles. The Morgan fingerprint density at radius 1 is 1.14 bits per heavy atom. The third-order valence-corrected chi connectivity index (χ3v) is 7.63. The molecule has 1 saturated heterocycles. The normalized spacial score (nSPS) is 16.8. The van der Waals surface area contributed by atoms with E-state index in [2.05, 4.69) is 29.1 Å². The van der Waals surface area contributed by atoms with E-state index in [0.29, 0.717) is 18.8 Å². The number of benzene rings is 1. The maximum atomic E-state index is 13.0. The average molecular weight is 425 g/mol. The van der Waals surface area contributed by atoms with E-state index in [0.717, 1.165) is 44.7 Å². The van der Waals surface area contributed by atoms with Gasteiger partial charge in [-0.3, -0.25) is 4.79 Å². The zero-order chi connectivity index (χ0) is 21.6. The highest BCUT2D eigenvalue weighted by atomic mass is 32.2. The molecule has 7 nitrogen and oxygen atoms in total. The Labute approximate surface area is 176 Å². The molecule has 0 saturated carbocycles. The maximum absolute atomic E-state index is 13.0. The topological polar surface area (TPSA) is 73.0 Å². The highest BCUT2D eigenvalue weighted by Gasteiger charge is 2.25. The van der Waals surface area contributed by atoms with Gasteiger partial charge in [0.2, 0.25) is 15.9 Å². The number of sulfonamides is 1. The second kappa shape index (κ2) is 10.4. The van der Waals surface area contributed by atoms with Crippen LogP contribution in [0.2, 0.25) is 0 Å². The van der Waals surface area contributed by atoms with Crippen LogP contribution in [-0.4, -0.2) is 69.8 Å². The molecule has 1 aliphatic rings. The summed E-state index contributed by atoms with van der Waals surface area (Å²) in [7, 11) is -1.50. The SMILES string of the molecule is CCC[C@@H](C)C(=O)Nc1cc(S(=O)(=O)N(CC)CC)ccc1N1CCN(C)CC1. The molecule has 0 radical (unpaired) electrons. The van der Waals surface area contributed by atoms with E-state index in [9.17, 15) is 13.2 Å². The Bertz CT molecular complexity index is 785. The lowest BCUT2D eigenvalue weighted by Gasteiger charge is -2.35. The van der Waals surface area contributed by atoms with Gasteiger partial charge < -0.3 is 15.1 Å². The van der Waals surface area contributed by atoms with Gasteiger partial charge in [-0.1, -0.05) is 34.1 Å². The number of nitrogens with zero attached hydrogens (tertiary/aromatic N) is 3. The van der Waals surface area contributed by atoms with Crippen LogP contribution < -0.4 is 10.2 Å². The van der Waals surface area contributed by atoms with Crippen molar-refractivity contribution in [2.75, 3.05) is 56.5 Å². The van der Waals surface area contributed by atoms with E-state index >= 15 is 0 Å². The van der Waals surface area contributed by atoms with Crippen LogP contribution in [0.4, 0.5) is 11.4 Å². The molecule has 0 unspecified atom stereocenters. The molecule has 1 fully saturated rings. The minimum Gasteiger partial charge on any atom is -0.367 e. The van der Waals surface area contributed by atoms with Crippen molar-refractivity contribution >= 4 is 27.3 Å². The van der Waals surface area contributed by atoms with Crippen LogP contribution in [0.1, 0.15) is 40.5 Å². The molecule has 0 spiro atoms. The van der Waals surface area contributed by atoms with E-state index in [-0.39, 0.29) is 16.7 Å². The zero-order valence-corrected chi connectivity index (χ0v) is 19.3. The molecule has 0 bridgehead atoms. The smallest absolute Gasteiger partial charge is 0.243 e. The second-order valence-corrected chi connectivity index (χ2v) is 9.68. The van der Waals surface area contributed by atoms with Crippen LogP contribution in [0.15, 0.2) is 23.1 Å². The molecule has 29 heavy (non-hydrogen) atoms. The highest BCUT2D eigenvalue weighted by molar-refractivity contribution is 7.89. The molecular formula is C21H36N4O3S. The number of anilines is 2. The van der Waals surface area contributed by atoms with Gasteiger partial charge in [0.1, 0.15) is 0 Å². The molecule has 0 aliphatic carbocycles. The monoisotopic (exact) mass is 424 g/mol. The van der Waals surface area contributed by atoms with E-state index in [1.807, 2.05) is 26.8 Å². The molecular weight excluding hydrogens is 388 g/mol. The first-order valence-corrected chi connectivity index (χ1v) is 12.1. The number of carbonyl (C=O) groups is 1. The first-order valence-electron chi connectivity index (χ1n) is 10.6. The molecule has 1 aromatic carbocycles. The summed E-state index contributed by atoms with van der Waals surface area (Å²) in [4.78, 5) is 17.4. The summed E-state index contributed by atoms with van der Waals surface area (Å²) in [6, 6.07) is 5.12. The summed E-state index contributed by atoms with van der Waals surface area (Å²) in [5.74, 6) is -0.192. The minimum atomic E-state index is -3.59. The lowest BCUT2D eigenvalue weighted by Crippen LogP contribution is -2.44. The largest absolute Gasteiger partial charge is 0.367 e. The van der Waals surface area contributed by atoms with Crippen LogP contribution in [0.5, 0.6) is 0 Å². The maximum Gasteiger partial charge on any atom is 0.243 e. The van der Waals surface area contributed by atoms with Crippen molar-refractivity contribution in [1.82, 2.24) is 9.21 Å². The molecule has 8 heteroatoms. The number of hydrogen-bond acceptors (Lipinski definition) is 5. The Balaban J connectivity index is 2.42. The number of likely N-dealkylation sites (N-methyl/N-ethyl adjacent to an activating group) is 1. The summed E-state index contributed by atoms with van der Waals surface area (Å²) >= 11 is 0. The minimum absolute atomic E-state index is 0.0698. The fourth-order valence-electron chi connectivity index (χ4n) is 3.63. The van der Waals surface area contributed by atoms with Crippen molar-refractivity contribution in [3.63, 3.8) is 0 Å². The summed E-state index contributed by atoms with van der Waals surface area (Å²) < 4.78 is 27.4. The van der Waals surface area contributed by atoms with Crippen molar-refractivity contribution in [2.24, 2.45) is 5.92 Å². The van der Waals surface area contributed by atoms with Crippen LogP contribution in [0.3, 0.4) is 0 Å². The van der Waals surface area contributed by atoms with Gasteiger partial charge in [-0.2, -0.15) is 4.31 Å². The average Bonchev–Trinajstić information content (AvgIpc) is 2.69. The van der Waals surface area contributed by atoms with E-state index < -0.39 is 10.0 Å². The summed E-state index contributed by atoms with van der Waals surface area (Å²) in [5, 5.41) is 3.01. The molecule has 2 rings (SSSR count). The van der Waals surface area contributed by atoms with Gasteiger partial charge in [-0.05, 0) is 31.7 Å². The molecule has 1 N–H and O–H groups in total. The summed E-state index contributed by atoms with van der Waals surface area (Å²) in [6.07, 6.45) is 1.73. The Hall–Kier alpha value is -1.64. The lowest BCUT2D eigenvalue weighted by atomic mass is 10.1. The van der Waals surface area contributed by atoms with E-state index in [1.165, 1.54) is 4.31 Å². The predicted octanol–water partition coefficient (Wildman–Crippen LogP) is 2.84. The molecule has 1 aliphatic heterocycles. The predicted molar refractivity (Wildman–Crippen MR) is 119 cm³/mol. The quantitative estimate of drug-likeness (QED) is 0.660. The van der Waals surface area contributed by atoms with Crippen molar-refractivity contribution in [3.8, 4) is 0 Å². The van der Waals surface area contributed by atoms with Crippen molar-refractivity contribution < 1.29 is 13.2 Å². The van der Waals surface area contributed by atoms with E-state index in [4.69, 9.17) is 0 Å². The van der Waals surface area contributed by atoms with Gasteiger partial charge >= 0.3 is 0 Å². The van der Waals surface area contributed by atoms with Crippen molar-refractivity contribution in [2.45, 2.75) is 45.4 Å². The fraction of sp³-hybridized carbons (Fsp3) is 0.667. The third-order valence-electron chi connectivity index (χ3n) is 5.58. The molecule has 1 aromatic rings. The summed E-state index contributed by atoms with van der Waals surface area (Å²) in [5.41, 5.74) is 1.46. The van der Waals surface area contributed by atoms with Gasteiger partial charge in [0.05, 0.1) is 16.3 Å². The van der Waals surface area contributed by atoms with Crippen LogP contribution >= 0.6 is 0 Å². The first-order chi connectivity index (χ1) is 13.7. The number of rotatable bonds is 9. The number of amides is 1. The second-order valence-electron chi connectivity index (χ2n) is 7.74.